The maximum atomic E-state index is 13.8. The predicted molar refractivity (Wildman–Crippen MR) is 123 cm³/mol. The van der Waals surface area contributed by atoms with Crippen molar-refractivity contribution in [3.05, 3.63) is 35.6 Å². The van der Waals surface area contributed by atoms with Crippen LogP contribution >= 0.6 is 0 Å². The first-order chi connectivity index (χ1) is 16.0. The van der Waals surface area contributed by atoms with Crippen LogP contribution in [0.25, 0.3) is 0 Å². The highest BCUT2D eigenvalue weighted by molar-refractivity contribution is 5.85. The lowest BCUT2D eigenvalue weighted by Gasteiger charge is -2.56. The number of rotatable bonds is 8. The first-order valence-electron chi connectivity index (χ1n) is 12.6. The van der Waals surface area contributed by atoms with Gasteiger partial charge in [0, 0.05) is 26.1 Å². The van der Waals surface area contributed by atoms with Gasteiger partial charge in [-0.2, -0.15) is 0 Å². The summed E-state index contributed by atoms with van der Waals surface area (Å²) in [6.07, 6.45) is 8.20. The minimum absolute atomic E-state index is 0.00181. The molecular weight excluding hydrogens is 421 g/mol. The smallest absolute Gasteiger partial charge is 0.239 e. The molecule has 2 N–H and O–H groups in total. The van der Waals surface area contributed by atoms with Crippen LogP contribution in [0, 0.1) is 29.0 Å². The summed E-state index contributed by atoms with van der Waals surface area (Å²) in [5.41, 5.74) is 1.01. The summed E-state index contributed by atoms with van der Waals surface area (Å²) in [4.78, 5) is 27.5. The van der Waals surface area contributed by atoms with Crippen molar-refractivity contribution in [2.45, 2.75) is 51.0 Å². The number of benzene rings is 1. The largest absolute Gasteiger partial charge is 0.379 e. The SMILES string of the molecule is O=C(CNC(=O)CC12CC3CC(CC(C3)C1)C2)NCC(c1cccc(F)c1)N1CCOCC1. The molecule has 5 fully saturated rings. The van der Waals surface area contributed by atoms with Crippen molar-refractivity contribution in [1.82, 2.24) is 15.5 Å². The highest BCUT2D eigenvalue weighted by atomic mass is 19.1. The van der Waals surface area contributed by atoms with Crippen molar-refractivity contribution >= 4 is 11.8 Å². The van der Waals surface area contributed by atoms with E-state index in [2.05, 4.69) is 15.5 Å². The van der Waals surface area contributed by atoms with Crippen molar-refractivity contribution in [2.75, 3.05) is 39.4 Å². The molecule has 1 saturated heterocycles. The van der Waals surface area contributed by atoms with E-state index >= 15 is 0 Å². The van der Waals surface area contributed by atoms with E-state index in [1.54, 1.807) is 6.07 Å². The maximum Gasteiger partial charge on any atom is 0.239 e. The molecule has 1 aromatic carbocycles. The molecule has 6 rings (SSSR count). The van der Waals surface area contributed by atoms with E-state index in [4.69, 9.17) is 4.74 Å². The molecule has 1 heterocycles. The molecule has 6 nitrogen and oxygen atoms in total. The van der Waals surface area contributed by atoms with Gasteiger partial charge in [-0.3, -0.25) is 14.5 Å². The summed E-state index contributed by atoms with van der Waals surface area (Å²) in [6, 6.07) is 6.42. The van der Waals surface area contributed by atoms with E-state index in [0.29, 0.717) is 26.2 Å². The third-order valence-electron chi connectivity index (χ3n) is 8.36. The van der Waals surface area contributed by atoms with E-state index in [0.717, 1.165) is 36.4 Å². The van der Waals surface area contributed by atoms with E-state index in [1.807, 2.05) is 6.07 Å². The molecule has 4 saturated carbocycles. The van der Waals surface area contributed by atoms with E-state index in [1.165, 1.54) is 50.7 Å². The zero-order valence-electron chi connectivity index (χ0n) is 19.4. The number of hydrogen-bond acceptors (Lipinski definition) is 4. The van der Waals surface area contributed by atoms with Gasteiger partial charge in [0.05, 0.1) is 25.8 Å². The van der Waals surface area contributed by atoms with Gasteiger partial charge in [0.25, 0.3) is 0 Å². The topological polar surface area (TPSA) is 70.7 Å². The van der Waals surface area contributed by atoms with Crippen molar-refractivity contribution in [1.29, 1.82) is 0 Å². The Morgan fingerprint density at radius 1 is 1.03 bits per heavy atom. The zero-order valence-corrected chi connectivity index (χ0v) is 19.4. The summed E-state index contributed by atoms with van der Waals surface area (Å²) in [5.74, 6) is 1.95. The molecule has 4 bridgehead atoms. The minimum Gasteiger partial charge on any atom is -0.379 e. The Hall–Kier alpha value is -1.99. The van der Waals surface area contributed by atoms with Crippen LogP contribution in [0.1, 0.15) is 56.6 Å². The second-order valence-electron chi connectivity index (χ2n) is 10.9. The van der Waals surface area contributed by atoms with Crippen LogP contribution in [0.15, 0.2) is 24.3 Å². The molecule has 1 aliphatic heterocycles. The fourth-order valence-electron chi connectivity index (χ4n) is 7.42. The van der Waals surface area contributed by atoms with Gasteiger partial charge in [-0.05, 0) is 79.4 Å². The van der Waals surface area contributed by atoms with Crippen LogP contribution in [0.2, 0.25) is 0 Å². The van der Waals surface area contributed by atoms with Gasteiger partial charge in [-0.25, -0.2) is 4.39 Å². The maximum absolute atomic E-state index is 13.8. The fourth-order valence-corrected chi connectivity index (χ4v) is 7.42. The van der Waals surface area contributed by atoms with Gasteiger partial charge in [0.2, 0.25) is 11.8 Å². The molecular formula is C26H36FN3O3. The Labute approximate surface area is 195 Å². The van der Waals surface area contributed by atoms with Crippen LogP contribution < -0.4 is 10.6 Å². The van der Waals surface area contributed by atoms with Crippen LogP contribution in [-0.2, 0) is 14.3 Å². The van der Waals surface area contributed by atoms with Gasteiger partial charge in [0.1, 0.15) is 5.82 Å². The van der Waals surface area contributed by atoms with Crippen molar-refractivity contribution in [2.24, 2.45) is 23.2 Å². The van der Waals surface area contributed by atoms with Gasteiger partial charge in [0.15, 0.2) is 0 Å². The normalized spacial score (nSPS) is 31.8. The van der Waals surface area contributed by atoms with E-state index in [-0.39, 0.29) is 35.6 Å². The Bertz CT molecular complexity index is 835. The number of morpholine rings is 1. The standard InChI is InChI=1S/C26H36FN3O3/c27-22-3-1-2-21(11-22)23(30-4-6-33-7-5-30)16-28-25(32)17-29-24(31)15-26-12-18-8-19(13-26)10-20(9-18)14-26/h1-3,11,18-20,23H,4-10,12-17H2,(H,28,32)(H,29,31). The molecule has 7 heteroatoms. The van der Waals surface area contributed by atoms with Crippen LogP contribution in [0.4, 0.5) is 4.39 Å². The second-order valence-corrected chi connectivity index (χ2v) is 10.9. The zero-order chi connectivity index (χ0) is 22.8. The number of ether oxygens (including phenoxy) is 1. The number of nitrogens with one attached hydrogen (secondary N) is 2. The third-order valence-corrected chi connectivity index (χ3v) is 8.36. The average molecular weight is 458 g/mol. The lowest BCUT2D eigenvalue weighted by atomic mass is 9.49. The Morgan fingerprint density at radius 2 is 1.70 bits per heavy atom. The molecule has 180 valence electrons. The number of amides is 2. The molecule has 2 amide bonds. The van der Waals surface area contributed by atoms with Crippen molar-refractivity contribution in [3.8, 4) is 0 Å². The van der Waals surface area contributed by atoms with Crippen LogP contribution in [0.3, 0.4) is 0 Å². The number of hydrogen-bond donors (Lipinski definition) is 2. The van der Waals surface area contributed by atoms with Gasteiger partial charge in [-0.1, -0.05) is 12.1 Å². The number of nitrogens with zero attached hydrogens (tertiary/aromatic N) is 1. The molecule has 4 aliphatic carbocycles. The quantitative estimate of drug-likeness (QED) is 0.630. The minimum atomic E-state index is -0.283. The summed E-state index contributed by atoms with van der Waals surface area (Å²) in [6.45, 7) is 3.08. The molecule has 0 radical (unpaired) electrons. The summed E-state index contributed by atoms with van der Waals surface area (Å²) < 4.78 is 19.3. The monoisotopic (exact) mass is 457 g/mol. The van der Waals surface area contributed by atoms with E-state index < -0.39 is 0 Å². The lowest BCUT2D eigenvalue weighted by molar-refractivity contribution is -0.132. The second kappa shape index (κ2) is 9.71. The van der Waals surface area contributed by atoms with E-state index in [9.17, 15) is 14.0 Å². The molecule has 1 aromatic rings. The lowest BCUT2D eigenvalue weighted by Crippen LogP contribution is -2.49. The summed E-state index contributed by atoms with van der Waals surface area (Å²) in [7, 11) is 0. The number of carbonyl (C=O) groups is 2. The van der Waals surface area contributed by atoms with Crippen molar-refractivity contribution < 1.29 is 18.7 Å². The molecule has 0 spiro atoms. The molecule has 1 unspecified atom stereocenters. The predicted octanol–water partition coefficient (Wildman–Crippen LogP) is 3.04. The Morgan fingerprint density at radius 3 is 2.33 bits per heavy atom. The van der Waals surface area contributed by atoms with Gasteiger partial charge >= 0.3 is 0 Å². The molecule has 33 heavy (non-hydrogen) atoms. The highest BCUT2D eigenvalue weighted by Crippen LogP contribution is 2.61. The van der Waals surface area contributed by atoms with Gasteiger partial charge in [-0.15, -0.1) is 0 Å². The van der Waals surface area contributed by atoms with Crippen molar-refractivity contribution in [3.63, 3.8) is 0 Å². The third kappa shape index (κ3) is 5.40. The average Bonchev–Trinajstić information content (AvgIpc) is 2.77. The fraction of sp³-hybridized carbons (Fsp3) is 0.692. The highest BCUT2D eigenvalue weighted by Gasteiger charge is 2.51. The molecule has 5 aliphatic rings. The van der Waals surface area contributed by atoms with Crippen LogP contribution in [-0.4, -0.2) is 56.1 Å². The number of carbonyl (C=O) groups excluding carboxylic acids is 2. The molecule has 1 atom stereocenters. The van der Waals surface area contributed by atoms with Gasteiger partial charge < -0.3 is 15.4 Å². The number of halogens is 1. The summed E-state index contributed by atoms with van der Waals surface area (Å²) in [5, 5.41) is 5.82. The summed E-state index contributed by atoms with van der Waals surface area (Å²) >= 11 is 0. The Balaban J connectivity index is 1.12. The molecule has 0 aromatic heterocycles. The van der Waals surface area contributed by atoms with Crippen LogP contribution in [0.5, 0.6) is 0 Å². The first-order valence-corrected chi connectivity index (χ1v) is 12.6. The Kier molecular flexibility index (Phi) is 6.70. The first kappa shape index (κ1) is 22.8.